The average molecular weight is 232 g/mol. The van der Waals surface area contributed by atoms with E-state index >= 15 is 0 Å². The van der Waals surface area contributed by atoms with E-state index in [0.29, 0.717) is 0 Å². The Morgan fingerprint density at radius 3 is 2.76 bits per heavy atom. The van der Waals surface area contributed by atoms with Crippen molar-refractivity contribution in [2.45, 2.75) is 32.6 Å². The zero-order chi connectivity index (χ0) is 11.9. The second-order valence-electron chi connectivity index (χ2n) is 4.98. The van der Waals surface area contributed by atoms with Gasteiger partial charge in [-0.05, 0) is 49.9 Å². The van der Waals surface area contributed by atoms with Gasteiger partial charge in [-0.1, -0.05) is 31.5 Å². The molecular formula is C15H24N2. The van der Waals surface area contributed by atoms with E-state index in [1.165, 1.54) is 50.0 Å². The highest BCUT2D eigenvalue weighted by molar-refractivity contribution is 5.51. The second kappa shape index (κ2) is 6.65. The summed E-state index contributed by atoms with van der Waals surface area (Å²) in [6, 6.07) is 8.73. The molecule has 0 amide bonds. The molecule has 0 aromatic heterocycles. The molecule has 1 aliphatic rings. The molecule has 1 fully saturated rings. The van der Waals surface area contributed by atoms with Crippen LogP contribution in [0.1, 0.15) is 31.7 Å². The number of piperidine rings is 1. The number of hydrogen-bond acceptors (Lipinski definition) is 2. The fourth-order valence-electron chi connectivity index (χ4n) is 2.52. The van der Waals surface area contributed by atoms with Crippen molar-refractivity contribution in [2.24, 2.45) is 5.92 Å². The molecule has 2 N–H and O–H groups in total. The summed E-state index contributed by atoms with van der Waals surface area (Å²) in [5.41, 5.74) is 2.80. The van der Waals surface area contributed by atoms with Crippen molar-refractivity contribution >= 4 is 5.69 Å². The highest BCUT2D eigenvalue weighted by atomic mass is 14.9. The third kappa shape index (κ3) is 3.74. The summed E-state index contributed by atoms with van der Waals surface area (Å²) in [6.07, 6.45) is 5.01. The molecule has 94 valence electrons. The van der Waals surface area contributed by atoms with Crippen LogP contribution in [0.2, 0.25) is 0 Å². The first-order chi connectivity index (χ1) is 8.40. The van der Waals surface area contributed by atoms with Crippen LogP contribution >= 0.6 is 0 Å². The van der Waals surface area contributed by atoms with Crippen molar-refractivity contribution in [3.63, 3.8) is 0 Å². The smallest absolute Gasteiger partial charge is 0.0372 e. The highest BCUT2D eigenvalue weighted by Gasteiger charge is 2.12. The Morgan fingerprint density at radius 1 is 1.24 bits per heavy atom. The normalized spacial score (nSPS) is 17.0. The summed E-state index contributed by atoms with van der Waals surface area (Å²) in [4.78, 5) is 0. The third-order valence-electron chi connectivity index (χ3n) is 3.58. The minimum atomic E-state index is 0.839. The van der Waals surface area contributed by atoms with Crippen LogP contribution in [0, 0.1) is 5.92 Å². The molecule has 1 aliphatic heterocycles. The molecule has 2 rings (SSSR count). The molecule has 0 atom stereocenters. The van der Waals surface area contributed by atoms with Crippen molar-refractivity contribution in [3.05, 3.63) is 29.8 Å². The fourth-order valence-corrected chi connectivity index (χ4v) is 2.52. The van der Waals surface area contributed by atoms with Crippen molar-refractivity contribution in [3.8, 4) is 0 Å². The molecule has 1 heterocycles. The molecule has 1 aromatic rings. The Bertz CT molecular complexity index is 329. The number of rotatable bonds is 5. The SMILES string of the molecule is CCCc1ccccc1NCC1CCNCC1. The number of anilines is 1. The van der Waals surface area contributed by atoms with E-state index in [1.54, 1.807) is 0 Å². The van der Waals surface area contributed by atoms with E-state index < -0.39 is 0 Å². The van der Waals surface area contributed by atoms with Gasteiger partial charge in [-0.15, -0.1) is 0 Å². The van der Waals surface area contributed by atoms with Gasteiger partial charge in [0, 0.05) is 12.2 Å². The topological polar surface area (TPSA) is 24.1 Å². The zero-order valence-corrected chi connectivity index (χ0v) is 10.8. The summed E-state index contributed by atoms with van der Waals surface area (Å²) >= 11 is 0. The van der Waals surface area contributed by atoms with E-state index in [4.69, 9.17) is 0 Å². The summed E-state index contributed by atoms with van der Waals surface area (Å²) in [6.45, 7) is 5.73. The minimum absolute atomic E-state index is 0.839. The predicted molar refractivity (Wildman–Crippen MR) is 74.5 cm³/mol. The molecule has 0 aliphatic carbocycles. The summed E-state index contributed by atoms with van der Waals surface area (Å²) in [5.74, 6) is 0.839. The van der Waals surface area contributed by atoms with E-state index in [2.05, 4.69) is 41.8 Å². The molecule has 0 bridgehead atoms. The van der Waals surface area contributed by atoms with Crippen LogP contribution in [0.25, 0.3) is 0 Å². The van der Waals surface area contributed by atoms with Gasteiger partial charge in [0.05, 0.1) is 0 Å². The Kier molecular flexibility index (Phi) is 4.87. The van der Waals surface area contributed by atoms with Gasteiger partial charge in [0.25, 0.3) is 0 Å². The van der Waals surface area contributed by atoms with Crippen molar-refractivity contribution < 1.29 is 0 Å². The molecule has 0 unspecified atom stereocenters. The van der Waals surface area contributed by atoms with Gasteiger partial charge in [-0.25, -0.2) is 0 Å². The maximum atomic E-state index is 3.64. The first kappa shape index (κ1) is 12.4. The van der Waals surface area contributed by atoms with Crippen LogP contribution in [0.15, 0.2) is 24.3 Å². The van der Waals surface area contributed by atoms with Crippen molar-refractivity contribution in [2.75, 3.05) is 25.0 Å². The van der Waals surface area contributed by atoms with Gasteiger partial charge in [0.1, 0.15) is 0 Å². The van der Waals surface area contributed by atoms with E-state index in [0.717, 1.165) is 12.5 Å². The van der Waals surface area contributed by atoms with E-state index in [9.17, 15) is 0 Å². The predicted octanol–water partition coefficient (Wildman–Crippen LogP) is 3.05. The third-order valence-corrected chi connectivity index (χ3v) is 3.58. The van der Waals surface area contributed by atoms with Gasteiger partial charge in [-0.2, -0.15) is 0 Å². The zero-order valence-electron chi connectivity index (χ0n) is 10.8. The van der Waals surface area contributed by atoms with Crippen molar-refractivity contribution in [1.29, 1.82) is 0 Å². The molecular weight excluding hydrogens is 208 g/mol. The van der Waals surface area contributed by atoms with Crippen LogP contribution < -0.4 is 10.6 Å². The van der Waals surface area contributed by atoms with E-state index in [1.807, 2.05) is 0 Å². The summed E-state index contributed by atoms with van der Waals surface area (Å²) < 4.78 is 0. The van der Waals surface area contributed by atoms with Gasteiger partial charge < -0.3 is 10.6 Å². The number of aryl methyl sites for hydroxylation is 1. The minimum Gasteiger partial charge on any atom is -0.385 e. The van der Waals surface area contributed by atoms with Crippen LogP contribution in [0.3, 0.4) is 0 Å². The van der Waals surface area contributed by atoms with Crippen molar-refractivity contribution in [1.82, 2.24) is 5.32 Å². The van der Waals surface area contributed by atoms with E-state index in [-0.39, 0.29) is 0 Å². The van der Waals surface area contributed by atoms with Gasteiger partial charge in [-0.3, -0.25) is 0 Å². The molecule has 1 aromatic carbocycles. The number of para-hydroxylation sites is 1. The quantitative estimate of drug-likeness (QED) is 0.815. The second-order valence-corrected chi connectivity index (χ2v) is 4.98. The monoisotopic (exact) mass is 232 g/mol. The first-order valence-corrected chi connectivity index (χ1v) is 6.92. The van der Waals surface area contributed by atoms with Gasteiger partial charge in [0.15, 0.2) is 0 Å². The maximum absolute atomic E-state index is 3.64. The van der Waals surface area contributed by atoms with Crippen LogP contribution in [-0.4, -0.2) is 19.6 Å². The molecule has 0 radical (unpaired) electrons. The van der Waals surface area contributed by atoms with Gasteiger partial charge >= 0.3 is 0 Å². The lowest BCUT2D eigenvalue weighted by Crippen LogP contribution is -2.31. The lowest BCUT2D eigenvalue weighted by Gasteiger charge is -2.23. The number of benzene rings is 1. The Balaban J connectivity index is 1.88. The molecule has 0 saturated carbocycles. The summed E-state index contributed by atoms with van der Waals surface area (Å²) in [7, 11) is 0. The Labute approximate surface area is 105 Å². The molecule has 1 saturated heterocycles. The average Bonchev–Trinajstić information content (AvgIpc) is 2.39. The number of hydrogen-bond donors (Lipinski definition) is 2. The van der Waals surface area contributed by atoms with Crippen LogP contribution in [0.4, 0.5) is 5.69 Å². The maximum Gasteiger partial charge on any atom is 0.0372 e. The van der Waals surface area contributed by atoms with Crippen LogP contribution in [-0.2, 0) is 6.42 Å². The molecule has 17 heavy (non-hydrogen) atoms. The Hall–Kier alpha value is -1.02. The standard InChI is InChI=1S/C15H24N2/c1-2-5-14-6-3-4-7-15(14)17-12-13-8-10-16-11-9-13/h3-4,6-7,13,16-17H,2,5,8-12H2,1H3. The van der Waals surface area contributed by atoms with Crippen LogP contribution in [0.5, 0.6) is 0 Å². The molecule has 0 spiro atoms. The molecule has 2 nitrogen and oxygen atoms in total. The molecule has 2 heteroatoms. The number of nitrogens with one attached hydrogen (secondary N) is 2. The largest absolute Gasteiger partial charge is 0.385 e. The first-order valence-electron chi connectivity index (χ1n) is 6.92. The fraction of sp³-hybridized carbons (Fsp3) is 0.600. The Morgan fingerprint density at radius 2 is 2.00 bits per heavy atom. The lowest BCUT2D eigenvalue weighted by molar-refractivity contribution is 0.390. The van der Waals surface area contributed by atoms with Gasteiger partial charge in [0.2, 0.25) is 0 Å². The summed E-state index contributed by atoms with van der Waals surface area (Å²) in [5, 5.41) is 7.06. The lowest BCUT2D eigenvalue weighted by atomic mass is 9.98. The highest BCUT2D eigenvalue weighted by Crippen LogP contribution is 2.19.